The molecule has 10 heteroatoms. The summed E-state index contributed by atoms with van der Waals surface area (Å²) in [6, 6.07) is 8.81. The summed E-state index contributed by atoms with van der Waals surface area (Å²) in [5, 5.41) is 3.88. The molecule has 158 valence electrons. The minimum atomic E-state index is -0.567. The van der Waals surface area contributed by atoms with E-state index in [0.29, 0.717) is 46.3 Å². The number of aromatic nitrogens is 2. The quantitative estimate of drug-likeness (QED) is 0.296. The highest BCUT2D eigenvalue weighted by Crippen LogP contribution is 2.22. The van der Waals surface area contributed by atoms with Gasteiger partial charge in [-0.1, -0.05) is 35.0 Å². The van der Waals surface area contributed by atoms with Gasteiger partial charge in [0, 0.05) is 31.0 Å². The van der Waals surface area contributed by atoms with Crippen LogP contribution < -0.4 is 10.9 Å². The lowest BCUT2D eigenvalue weighted by Gasteiger charge is -2.13. The third-order valence-electron chi connectivity index (χ3n) is 4.15. The number of carbonyl (C=O) groups is 1. The first kappa shape index (κ1) is 22.6. The average molecular weight is 470 g/mol. The van der Waals surface area contributed by atoms with E-state index in [2.05, 4.69) is 10.3 Å². The molecule has 1 N–H and O–H groups in total. The molecule has 3 aromatic rings. The minimum absolute atomic E-state index is 0.00220. The molecule has 1 aromatic heterocycles. The average Bonchev–Trinajstić information content (AvgIpc) is 2.71. The van der Waals surface area contributed by atoms with Crippen LogP contribution in [0.1, 0.15) is 6.42 Å². The van der Waals surface area contributed by atoms with Gasteiger partial charge in [0.25, 0.3) is 5.56 Å². The molecule has 30 heavy (non-hydrogen) atoms. The van der Waals surface area contributed by atoms with Crippen molar-refractivity contribution in [2.45, 2.75) is 18.1 Å². The van der Waals surface area contributed by atoms with Crippen LogP contribution >= 0.6 is 35.0 Å². The van der Waals surface area contributed by atoms with Crippen LogP contribution in [0.2, 0.25) is 10.0 Å². The number of halogens is 3. The van der Waals surface area contributed by atoms with E-state index in [1.54, 1.807) is 25.3 Å². The number of amides is 1. The van der Waals surface area contributed by atoms with Crippen molar-refractivity contribution in [3.63, 3.8) is 0 Å². The Morgan fingerprint density at radius 3 is 2.80 bits per heavy atom. The van der Waals surface area contributed by atoms with Crippen LogP contribution in [-0.4, -0.2) is 34.9 Å². The summed E-state index contributed by atoms with van der Waals surface area (Å²) in [4.78, 5) is 29.8. The van der Waals surface area contributed by atoms with Crippen LogP contribution in [0.5, 0.6) is 0 Å². The number of anilines is 1. The Morgan fingerprint density at radius 1 is 1.27 bits per heavy atom. The Labute approximate surface area is 186 Å². The number of hydrogen-bond acceptors (Lipinski definition) is 5. The first-order chi connectivity index (χ1) is 14.4. The van der Waals surface area contributed by atoms with Gasteiger partial charge in [-0.25, -0.2) is 9.37 Å². The Hall–Kier alpha value is -2.13. The lowest BCUT2D eigenvalue weighted by Crippen LogP contribution is -2.25. The fourth-order valence-corrected chi connectivity index (χ4v) is 3.92. The molecule has 0 saturated heterocycles. The number of benzene rings is 2. The number of nitrogens with zero attached hydrogens (tertiary/aromatic N) is 2. The van der Waals surface area contributed by atoms with E-state index in [1.165, 1.54) is 22.8 Å². The lowest BCUT2D eigenvalue weighted by molar-refractivity contribution is -0.113. The smallest absolute Gasteiger partial charge is 0.262 e. The Bertz CT molecular complexity index is 1140. The summed E-state index contributed by atoms with van der Waals surface area (Å²) in [7, 11) is 1.59. The first-order valence-corrected chi connectivity index (χ1v) is 10.7. The van der Waals surface area contributed by atoms with E-state index >= 15 is 0 Å². The summed E-state index contributed by atoms with van der Waals surface area (Å²) < 4.78 is 19.9. The van der Waals surface area contributed by atoms with E-state index in [9.17, 15) is 14.0 Å². The van der Waals surface area contributed by atoms with Gasteiger partial charge in [0.2, 0.25) is 5.91 Å². The molecule has 2 aromatic carbocycles. The third-order valence-corrected chi connectivity index (χ3v) is 5.65. The highest BCUT2D eigenvalue weighted by atomic mass is 35.5. The van der Waals surface area contributed by atoms with Crippen molar-refractivity contribution >= 4 is 57.5 Å². The normalized spacial score (nSPS) is 11.1. The third kappa shape index (κ3) is 5.51. The van der Waals surface area contributed by atoms with Crippen molar-refractivity contribution < 1.29 is 13.9 Å². The van der Waals surface area contributed by atoms with Gasteiger partial charge in [-0.05, 0) is 42.8 Å². The second-order valence-electron chi connectivity index (χ2n) is 6.32. The van der Waals surface area contributed by atoms with Crippen molar-refractivity contribution in [1.29, 1.82) is 0 Å². The summed E-state index contributed by atoms with van der Waals surface area (Å²) >= 11 is 12.9. The minimum Gasteiger partial charge on any atom is -0.385 e. The van der Waals surface area contributed by atoms with Crippen LogP contribution in [0.4, 0.5) is 10.1 Å². The molecule has 1 heterocycles. The van der Waals surface area contributed by atoms with E-state index in [4.69, 9.17) is 27.9 Å². The summed E-state index contributed by atoms with van der Waals surface area (Å²) in [6.45, 7) is 0.886. The van der Waals surface area contributed by atoms with Gasteiger partial charge in [0.15, 0.2) is 5.16 Å². The molecular weight excluding hydrogens is 452 g/mol. The van der Waals surface area contributed by atoms with Crippen LogP contribution in [0.25, 0.3) is 10.9 Å². The van der Waals surface area contributed by atoms with Gasteiger partial charge >= 0.3 is 0 Å². The maximum Gasteiger partial charge on any atom is 0.262 e. The predicted molar refractivity (Wildman–Crippen MR) is 118 cm³/mol. The Kier molecular flexibility index (Phi) is 7.71. The first-order valence-electron chi connectivity index (χ1n) is 8.96. The van der Waals surface area contributed by atoms with Gasteiger partial charge < -0.3 is 10.1 Å². The number of methoxy groups -OCH3 is 1. The summed E-state index contributed by atoms with van der Waals surface area (Å²) in [6.07, 6.45) is 0.616. The molecule has 0 aliphatic heterocycles. The topological polar surface area (TPSA) is 73.2 Å². The number of carbonyl (C=O) groups excluding carboxylic acids is 1. The van der Waals surface area contributed by atoms with Gasteiger partial charge in [-0.2, -0.15) is 0 Å². The van der Waals surface area contributed by atoms with Gasteiger partial charge in [0.1, 0.15) is 5.82 Å². The predicted octanol–water partition coefficient (Wildman–Crippen LogP) is 4.61. The summed E-state index contributed by atoms with van der Waals surface area (Å²) in [5.41, 5.74) is 0.632. The van der Waals surface area contributed by atoms with Crippen molar-refractivity contribution in [3.05, 3.63) is 62.6 Å². The lowest BCUT2D eigenvalue weighted by atomic mass is 10.2. The molecule has 0 unspecified atom stereocenters. The maximum absolute atomic E-state index is 13.3. The van der Waals surface area contributed by atoms with Crippen molar-refractivity contribution in [2.75, 3.05) is 24.8 Å². The number of thioether (sulfide) groups is 1. The monoisotopic (exact) mass is 469 g/mol. The molecule has 0 saturated carbocycles. The highest BCUT2D eigenvalue weighted by molar-refractivity contribution is 7.99. The Morgan fingerprint density at radius 2 is 2.07 bits per heavy atom. The molecule has 0 spiro atoms. The number of ether oxygens (including phenoxy) is 1. The molecule has 3 rings (SSSR count). The zero-order chi connectivity index (χ0) is 21.7. The van der Waals surface area contributed by atoms with Crippen LogP contribution in [0.3, 0.4) is 0 Å². The van der Waals surface area contributed by atoms with Crippen molar-refractivity contribution in [1.82, 2.24) is 9.55 Å². The van der Waals surface area contributed by atoms with Crippen molar-refractivity contribution in [2.24, 2.45) is 0 Å². The fourth-order valence-electron chi connectivity index (χ4n) is 2.75. The molecule has 0 aliphatic carbocycles. The number of nitrogens with one attached hydrogen (secondary N) is 1. The maximum atomic E-state index is 13.3. The van der Waals surface area contributed by atoms with E-state index in [0.717, 1.165) is 11.8 Å². The molecule has 1 amide bonds. The molecule has 0 atom stereocenters. The zero-order valence-corrected chi connectivity index (χ0v) is 18.3. The van der Waals surface area contributed by atoms with Crippen LogP contribution in [0, 0.1) is 5.82 Å². The second-order valence-corrected chi connectivity index (χ2v) is 8.11. The number of rotatable bonds is 8. The molecular formula is C20H18Cl2FN3O3S. The number of hydrogen-bond donors (Lipinski definition) is 1. The molecule has 0 aliphatic rings. The number of fused-ring (bicyclic) bond motifs is 1. The standard InChI is InChI=1S/C20H18Cl2FN3O3S/c1-29-8-2-7-26-19(28)14-5-3-12(21)9-17(14)25-20(26)30-11-18(27)24-13-4-6-16(23)15(22)10-13/h3-6,9-10H,2,7-8,11H2,1H3,(H,24,27). The largest absolute Gasteiger partial charge is 0.385 e. The molecule has 6 nitrogen and oxygen atoms in total. The van der Waals surface area contributed by atoms with E-state index in [1.807, 2.05) is 0 Å². The van der Waals surface area contributed by atoms with Gasteiger partial charge in [0.05, 0.1) is 21.7 Å². The SMILES string of the molecule is COCCCn1c(SCC(=O)Nc2ccc(F)c(Cl)c2)nc2cc(Cl)ccc2c1=O. The second kappa shape index (κ2) is 10.3. The Balaban J connectivity index is 1.82. The van der Waals surface area contributed by atoms with E-state index in [-0.39, 0.29) is 22.2 Å². The molecule has 0 bridgehead atoms. The van der Waals surface area contributed by atoms with Crippen LogP contribution in [-0.2, 0) is 16.1 Å². The molecule has 0 fully saturated rings. The highest BCUT2D eigenvalue weighted by Gasteiger charge is 2.14. The zero-order valence-electron chi connectivity index (χ0n) is 16.0. The van der Waals surface area contributed by atoms with E-state index < -0.39 is 5.82 Å². The van der Waals surface area contributed by atoms with Crippen molar-refractivity contribution in [3.8, 4) is 0 Å². The summed E-state index contributed by atoms with van der Waals surface area (Å²) in [5.74, 6) is -0.910. The fraction of sp³-hybridized carbons (Fsp3) is 0.250. The van der Waals surface area contributed by atoms with Crippen LogP contribution in [0.15, 0.2) is 46.3 Å². The van der Waals surface area contributed by atoms with Gasteiger partial charge in [-0.3, -0.25) is 14.2 Å². The van der Waals surface area contributed by atoms with Gasteiger partial charge in [-0.15, -0.1) is 0 Å². The molecule has 0 radical (unpaired) electrons.